The van der Waals surface area contributed by atoms with Crippen molar-refractivity contribution < 1.29 is 22.7 Å². The van der Waals surface area contributed by atoms with E-state index in [1.807, 2.05) is 6.92 Å². The highest BCUT2D eigenvalue weighted by Crippen LogP contribution is 2.24. The van der Waals surface area contributed by atoms with Gasteiger partial charge in [-0.15, -0.1) is 0 Å². The maximum absolute atomic E-state index is 13.6. The molecule has 34 heavy (non-hydrogen) atoms. The molecule has 1 N–H and O–H groups in total. The summed E-state index contributed by atoms with van der Waals surface area (Å²) in [6.07, 6.45) is 2.14. The maximum atomic E-state index is 13.6. The second-order valence-electron chi connectivity index (χ2n) is 7.80. The van der Waals surface area contributed by atoms with Gasteiger partial charge in [-0.2, -0.15) is 0 Å². The largest absolute Gasteiger partial charge is 0.497 e. The van der Waals surface area contributed by atoms with Gasteiger partial charge in [0.15, 0.2) is 0 Å². The standard InChI is InChI=1S/C24H32ClN3O5S/c1-5-15-26-24(30)22(6-2)27(16-18-9-7-8-10-21(18)25)23(29)17-28(34(4,31)32)19-11-13-20(33-3)14-12-19/h7-14,22H,5-6,15-17H2,1-4H3,(H,26,30). The van der Waals surface area contributed by atoms with Crippen LogP contribution in [-0.2, 0) is 26.2 Å². The first-order valence-electron chi connectivity index (χ1n) is 11.0. The summed E-state index contributed by atoms with van der Waals surface area (Å²) in [5, 5.41) is 3.29. The van der Waals surface area contributed by atoms with Gasteiger partial charge >= 0.3 is 0 Å². The normalized spacial score (nSPS) is 12.0. The zero-order valence-electron chi connectivity index (χ0n) is 20.0. The van der Waals surface area contributed by atoms with E-state index < -0.39 is 28.5 Å². The lowest BCUT2D eigenvalue weighted by Crippen LogP contribution is -2.52. The van der Waals surface area contributed by atoms with E-state index in [0.717, 1.165) is 17.0 Å². The Balaban J connectivity index is 2.42. The summed E-state index contributed by atoms with van der Waals surface area (Å²) in [6.45, 7) is 3.82. The first-order valence-corrected chi connectivity index (χ1v) is 13.3. The molecular formula is C24H32ClN3O5S. The number of halogens is 1. The number of ether oxygens (including phenoxy) is 1. The zero-order valence-corrected chi connectivity index (χ0v) is 21.5. The molecule has 0 saturated carbocycles. The van der Waals surface area contributed by atoms with Crippen LogP contribution in [0.2, 0.25) is 5.02 Å². The number of amides is 2. The van der Waals surface area contributed by atoms with Crippen LogP contribution >= 0.6 is 11.6 Å². The van der Waals surface area contributed by atoms with Gasteiger partial charge in [0.05, 0.1) is 19.1 Å². The number of benzene rings is 2. The third-order valence-corrected chi connectivity index (χ3v) is 6.78. The van der Waals surface area contributed by atoms with E-state index in [4.69, 9.17) is 16.3 Å². The average Bonchev–Trinajstić information content (AvgIpc) is 2.81. The molecule has 2 aromatic rings. The fourth-order valence-electron chi connectivity index (χ4n) is 3.46. The molecule has 2 rings (SSSR count). The van der Waals surface area contributed by atoms with Crippen molar-refractivity contribution in [1.82, 2.24) is 10.2 Å². The van der Waals surface area contributed by atoms with Crippen LogP contribution in [0.4, 0.5) is 5.69 Å². The van der Waals surface area contributed by atoms with E-state index in [2.05, 4.69) is 5.32 Å². The number of methoxy groups -OCH3 is 1. The van der Waals surface area contributed by atoms with E-state index >= 15 is 0 Å². The smallest absolute Gasteiger partial charge is 0.244 e. The van der Waals surface area contributed by atoms with Gasteiger partial charge in [0.25, 0.3) is 0 Å². The first-order chi connectivity index (χ1) is 16.1. The van der Waals surface area contributed by atoms with Crippen LogP contribution in [-0.4, -0.2) is 57.6 Å². The molecule has 2 amide bonds. The minimum Gasteiger partial charge on any atom is -0.497 e. The average molecular weight is 510 g/mol. The number of nitrogens with one attached hydrogen (secondary N) is 1. The van der Waals surface area contributed by atoms with Crippen LogP contribution in [0.25, 0.3) is 0 Å². The van der Waals surface area contributed by atoms with E-state index in [9.17, 15) is 18.0 Å². The highest BCUT2D eigenvalue weighted by atomic mass is 35.5. The lowest BCUT2D eigenvalue weighted by molar-refractivity contribution is -0.140. The number of anilines is 1. The Hall–Kier alpha value is -2.78. The maximum Gasteiger partial charge on any atom is 0.244 e. The topological polar surface area (TPSA) is 96.0 Å². The third-order valence-electron chi connectivity index (χ3n) is 5.27. The van der Waals surface area contributed by atoms with Crippen molar-refractivity contribution >= 4 is 39.1 Å². The molecule has 0 aliphatic carbocycles. The van der Waals surface area contributed by atoms with Crippen LogP contribution in [0.1, 0.15) is 32.3 Å². The minimum atomic E-state index is -3.80. The molecule has 8 nitrogen and oxygen atoms in total. The number of nitrogens with zero attached hydrogens (tertiary/aromatic N) is 2. The molecule has 186 valence electrons. The number of hydrogen-bond acceptors (Lipinski definition) is 5. The highest BCUT2D eigenvalue weighted by Gasteiger charge is 2.31. The van der Waals surface area contributed by atoms with Crippen molar-refractivity contribution in [2.75, 3.05) is 30.8 Å². The van der Waals surface area contributed by atoms with Gasteiger partial charge in [0.1, 0.15) is 18.3 Å². The van der Waals surface area contributed by atoms with Gasteiger partial charge < -0.3 is 15.0 Å². The predicted molar refractivity (Wildman–Crippen MR) is 135 cm³/mol. The molecular weight excluding hydrogens is 478 g/mol. The summed E-state index contributed by atoms with van der Waals surface area (Å²) in [7, 11) is -2.29. The molecule has 0 aliphatic heterocycles. The third kappa shape index (κ3) is 7.36. The Kier molecular flexibility index (Phi) is 10.2. The zero-order chi connectivity index (χ0) is 25.3. The lowest BCUT2D eigenvalue weighted by Gasteiger charge is -2.33. The second kappa shape index (κ2) is 12.6. The van der Waals surface area contributed by atoms with Crippen LogP contribution < -0.4 is 14.4 Å². The Labute approximate surface area is 206 Å². The van der Waals surface area contributed by atoms with E-state index in [1.165, 1.54) is 12.0 Å². The monoisotopic (exact) mass is 509 g/mol. The predicted octanol–water partition coefficient (Wildman–Crippen LogP) is 3.45. The Morgan fingerprint density at radius 3 is 2.26 bits per heavy atom. The molecule has 0 aliphatic rings. The van der Waals surface area contributed by atoms with Crippen LogP contribution in [0.15, 0.2) is 48.5 Å². The Bertz CT molecular complexity index is 1080. The van der Waals surface area contributed by atoms with Crippen molar-refractivity contribution in [3.05, 3.63) is 59.1 Å². The SMILES string of the molecule is CCCNC(=O)C(CC)N(Cc1ccccc1Cl)C(=O)CN(c1ccc(OC)cc1)S(C)(=O)=O. The summed E-state index contributed by atoms with van der Waals surface area (Å²) in [5.74, 6) is -0.248. The molecule has 0 heterocycles. The van der Waals surface area contributed by atoms with Gasteiger partial charge in [0, 0.05) is 18.1 Å². The summed E-state index contributed by atoms with van der Waals surface area (Å²) in [5.41, 5.74) is 0.979. The molecule has 1 atom stereocenters. The fourth-order valence-corrected chi connectivity index (χ4v) is 4.50. The fraction of sp³-hybridized carbons (Fsp3) is 0.417. The molecule has 0 fully saturated rings. The number of rotatable bonds is 12. The van der Waals surface area contributed by atoms with E-state index in [-0.39, 0.29) is 12.5 Å². The quantitative estimate of drug-likeness (QED) is 0.472. The Morgan fingerprint density at radius 1 is 1.09 bits per heavy atom. The molecule has 2 aromatic carbocycles. The van der Waals surface area contributed by atoms with Crippen molar-refractivity contribution in [3.63, 3.8) is 0 Å². The van der Waals surface area contributed by atoms with Crippen LogP contribution in [0.5, 0.6) is 5.75 Å². The van der Waals surface area contributed by atoms with Crippen molar-refractivity contribution in [2.24, 2.45) is 0 Å². The van der Waals surface area contributed by atoms with Gasteiger partial charge in [-0.3, -0.25) is 13.9 Å². The highest BCUT2D eigenvalue weighted by molar-refractivity contribution is 7.92. The van der Waals surface area contributed by atoms with Gasteiger partial charge in [0.2, 0.25) is 21.8 Å². The van der Waals surface area contributed by atoms with Crippen molar-refractivity contribution in [1.29, 1.82) is 0 Å². The van der Waals surface area contributed by atoms with Gasteiger partial charge in [-0.25, -0.2) is 8.42 Å². The van der Waals surface area contributed by atoms with E-state index in [0.29, 0.717) is 35.0 Å². The van der Waals surface area contributed by atoms with Gasteiger partial charge in [-0.05, 0) is 48.7 Å². The Morgan fingerprint density at radius 2 is 1.74 bits per heavy atom. The summed E-state index contributed by atoms with van der Waals surface area (Å²) >= 11 is 6.33. The lowest BCUT2D eigenvalue weighted by atomic mass is 10.1. The number of carbonyl (C=O) groups is 2. The van der Waals surface area contributed by atoms with Gasteiger partial charge in [-0.1, -0.05) is 43.6 Å². The second-order valence-corrected chi connectivity index (χ2v) is 10.1. The van der Waals surface area contributed by atoms with Crippen LogP contribution in [0, 0.1) is 0 Å². The molecule has 10 heteroatoms. The summed E-state index contributed by atoms with van der Waals surface area (Å²) < 4.78 is 31.3. The summed E-state index contributed by atoms with van der Waals surface area (Å²) in [4.78, 5) is 27.9. The molecule has 0 aromatic heterocycles. The first kappa shape index (κ1) is 27.5. The molecule has 0 radical (unpaired) electrons. The van der Waals surface area contributed by atoms with Crippen LogP contribution in [0.3, 0.4) is 0 Å². The minimum absolute atomic E-state index is 0.0662. The molecule has 0 spiro atoms. The van der Waals surface area contributed by atoms with Crippen molar-refractivity contribution in [3.8, 4) is 5.75 Å². The van der Waals surface area contributed by atoms with E-state index in [1.54, 1.807) is 55.5 Å². The number of carbonyl (C=O) groups excluding carboxylic acids is 2. The number of sulfonamides is 1. The molecule has 1 unspecified atom stereocenters. The molecule has 0 saturated heterocycles. The number of hydrogen-bond donors (Lipinski definition) is 1. The summed E-state index contributed by atoms with van der Waals surface area (Å²) in [6, 6.07) is 12.6. The molecule has 0 bridgehead atoms. The van der Waals surface area contributed by atoms with Crippen molar-refractivity contribution in [2.45, 2.75) is 39.3 Å².